The molecule has 0 saturated heterocycles. The molecule has 1 rings (SSSR count). The van der Waals surface area contributed by atoms with Crippen molar-refractivity contribution in [2.75, 3.05) is 5.75 Å². The van der Waals surface area contributed by atoms with Crippen LogP contribution in [0.4, 0.5) is 5.69 Å². The minimum Gasteiger partial charge on any atom is -0.481 e. The minimum atomic E-state index is -0.854. The molecule has 7 heteroatoms. The average Bonchev–Trinajstić information content (AvgIpc) is 2.21. The van der Waals surface area contributed by atoms with Crippen molar-refractivity contribution in [1.29, 1.82) is 0 Å². The van der Waals surface area contributed by atoms with E-state index in [1.165, 1.54) is 17.8 Å². The predicted molar refractivity (Wildman–Crippen MR) is 68.5 cm³/mol. The van der Waals surface area contributed by atoms with Crippen molar-refractivity contribution in [3.05, 3.63) is 32.3 Å². The van der Waals surface area contributed by atoms with Crippen LogP contribution in [-0.4, -0.2) is 21.8 Å². The molecule has 0 aromatic heterocycles. The monoisotopic (exact) mass is 319 g/mol. The number of nitrogens with zero attached hydrogens (tertiary/aromatic N) is 1. The fourth-order valence-electron chi connectivity index (χ4n) is 1.20. The van der Waals surface area contributed by atoms with Gasteiger partial charge in [0.25, 0.3) is 5.69 Å². The highest BCUT2D eigenvalue weighted by Gasteiger charge is 2.14. The lowest BCUT2D eigenvalue weighted by Crippen LogP contribution is -1.96. The topological polar surface area (TPSA) is 80.4 Å². The zero-order chi connectivity index (χ0) is 13.0. The third-order valence-corrected chi connectivity index (χ3v) is 4.00. The quantitative estimate of drug-likeness (QED) is 0.512. The number of hydrogen-bond donors (Lipinski definition) is 1. The highest BCUT2D eigenvalue weighted by atomic mass is 79.9. The van der Waals surface area contributed by atoms with Crippen molar-refractivity contribution < 1.29 is 14.8 Å². The van der Waals surface area contributed by atoms with Crippen molar-refractivity contribution in [2.24, 2.45) is 0 Å². The molecule has 1 N–H and O–H groups in total. The molecule has 0 amide bonds. The van der Waals surface area contributed by atoms with Gasteiger partial charge in [0, 0.05) is 26.8 Å². The Morgan fingerprint density at radius 1 is 1.59 bits per heavy atom. The summed E-state index contributed by atoms with van der Waals surface area (Å²) in [6, 6.07) is 3.13. The van der Waals surface area contributed by atoms with Crippen LogP contribution >= 0.6 is 27.7 Å². The molecule has 0 heterocycles. The standard InChI is InChI=1S/C10H10BrNO4S/c1-6-4-9(17-3-2-10(13)14)7(11)5-8(6)12(15)16/h4-5H,2-3H2,1H3,(H,13,14). The Morgan fingerprint density at radius 3 is 2.76 bits per heavy atom. The SMILES string of the molecule is Cc1cc(SCCC(=O)O)c(Br)cc1[N+](=O)[O-]. The smallest absolute Gasteiger partial charge is 0.304 e. The molecule has 0 aliphatic rings. The Morgan fingerprint density at radius 2 is 2.24 bits per heavy atom. The molecule has 0 fully saturated rings. The Hall–Kier alpha value is -1.08. The lowest BCUT2D eigenvalue weighted by Gasteiger charge is -2.05. The third-order valence-electron chi connectivity index (χ3n) is 2.02. The molecule has 17 heavy (non-hydrogen) atoms. The van der Waals surface area contributed by atoms with E-state index in [0.717, 1.165) is 4.90 Å². The molecule has 0 aliphatic heterocycles. The average molecular weight is 320 g/mol. The molecule has 0 radical (unpaired) electrons. The first-order valence-electron chi connectivity index (χ1n) is 4.71. The zero-order valence-corrected chi connectivity index (χ0v) is 11.4. The predicted octanol–water partition coefficient (Wildman–Crippen LogP) is 3.23. The van der Waals surface area contributed by atoms with Gasteiger partial charge in [-0.15, -0.1) is 11.8 Å². The molecular weight excluding hydrogens is 310 g/mol. The number of halogens is 1. The molecule has 1 aromatic rings. The summed E-state index contributed by atoms with van der Waals surface area (Å²) in [7, 11) is 0. The number of nitro groups is 1. The van der Waals surface area contributed by atoms with E-state index >= 15 is 0 Å². The van der Waals surface area contributed by atoms with Crippen LogP contribution in [0.2, 0.25) is 0 Å². The van der Waals surface area contributed by atoms with Gasteiger partial charge in [-0.25, -0.2) is 0 Å². The number of aryl methyl sites for hydroxylation is 1. The maximum Gasteiger partial charge on any atom is 0.304 e. The van der Waals surface area contributed by atoms with Crippen LogP contribution in [0, 0.1) is 17.0 Å². The van der Waals surface area contributed by atoms with Crippen LogP contribution in [0.15, 0.2) is 21.5 Å². The molecule has 5 nitrogen and oxygen atoms in total. The van der Waals surface area contributed by atoms with Gasteiger partial charge in [-0.2, -0.15) is 0 Å². The highest BCUT2D eigenvalue weighted by molar-refractivity contribution is 9.10. The van der Waals surface area contributed by atoms with Gasteiger partial charge < -0.3 is 5.11 Å². The number of aliphatic carboxylic acids is 1. The lowest BCUT2D eigenvalue weighted by atomic mass is 10.2. The van der Waals surface area contributed by atoms with Crippen LogP contribution in [0.1, 0.15) is 12.0 Å². The van der Waals surface area contributed by atoms with E-state index in [9.17, 15) is 14.9 Å². The third kappa shape index (κ3) is 4.01. The van der Waals surface area contributed by atoms with Crippen LogP contribution in [-0.2, 0) is 4.79 Å². The first-order valence-corrected chi connectivity index (χ1v) is 6.49. The van der Waals surface area contributed by atoms with E-state index in [0.29, 0.717) is 15.8 Å². The summed E-state index contributed by atoms with van der Waals surface area (Å²) >= 11 is 4.60. The number of nitro benzene ring substituents is 1. The molecule has 0 aliphatic carbocycles. The van der Waals surface area contributed by atoms with E-state index in [1.807, 2.05) is 0 Å². The first-order chi connectivity index (χ1) is 7.91. The Bertz CT molecular complexity index is 464. The van der Waals surface area contributed by atoms with Gasteiger partial charge in [0.05, 0.1) is 11.3 Å². The number of carbonyl (C=O) groups is 1. The van der Waals surface area contributed by atoms with Gasteiger partial charge in [0.2, 0.25) is 0 Å². The van der Waals surface area contributed by atoms with Crippen molar-refractivity contribution in [3.8, 4) is 0 Å². The molecule has 92 valence electrons. The lowest BCUT2D eigenvalue weighted by molar-refractivity contribution is -0.385. The fourth-order valence-corrected chi connectivity index (χ4v) is 2.83. The van der Waals surface area contributed by atoms with Crippen LogP contribution < -0.4 is 0 Å². The normalized spacial score (nSPS) is 10.2. The molecule has 0 unspecified atom stereocenters. The van der Waals surface area contributed by atoms with Crippen molar-refractivity contribution in [2.45, 2.75) is 18.2 Å². The van der Waals surface area contributed by atoms with Crippen LogP contribution in [0.25, 0.3) is 0 Å². The van der Waals surface area contributed by atoms with Crippen molar-refractivity contribution >= 4 is 39.3 Å². The summed E-state index contributed by atoms with van der Waals surface area (Å²) in [5.74, 6) is -0.419. The summed E-state index contributed by atoms with van der Waals surface area (Å²) in [6.07, 6.45) is 0.0626. The van der Waals surface area contributed by atoms with Gasteiger partial charge in [-0.05, 0) is 28.9 Å². The number of carboxylic acids is 1. The molecule has 1 aromatic carbocycles. The zero-order valence-electron chi connectivity index (χ0n) is 8.97. The summed E-state index contributed by atoms with van der Waals surface area (Å²) in [5, 5.41) is 19.2. The maximum atomic E-state index is 10.7. The number of benzene rings is 1. The molecular formula is C10H10BrNO4S. The molecule has 0 bridgehead atoms. The second-order valence-electron chi connectivity index (χ2n) is 3.32. The Kier molecular flexibility index (Phi) is 4.95. The molecule has 0 spiro atoms. The summed E-state index contributed by atoms with van der Waals surface area (Å²) < 4.78 is 0.616. The minimum absolute atomic E-state index is 0.0551. The van der Waals surface area contributed by atoms with Crippen molar-refractivity contribution in [3.63, 3.8) is 0 Å². The first kappa shape index (κ1) is 14.0. The van der Waals surface area contributed by atoms with E-state index in [-0.39, 0.29) is 12.1 Å². The van der Waals surface area contributed by atoms with E-state index in [2.05, 4.69) is 15.9 Å². The molecule has 0 atom stereocenters. The van der Waals surface area contributed by atoms with Gasteiger partial charge in [-0.1, -0.05) is 0 Å². The molecule has 0 saturated carbocycles. The maximum absolute atomic E-state index is 10.7. The van der Waals surface area contributed by atoms with Gasteiger partial charge in [0.15, 0.2) is 0 Å². The second-order valence-corrected chi connectivity index (χ2v) is 5.31. The van der Waals surface area contributed by atoms with Gasteiger partial charge in [-0.3, -0.25) is 14.9 Å². The van der Waals surface area contributed by atoms with Gasteiger partial charge in [0.1, 0.15) is 0 Å². The van der Waals surface area contributed by atoms with Crippen molar-refractivity contribution in [1.82, 2.24) is 0 Å². The van der Waals surface area contributed by atoms with E-state index in [1.54, 1.807) is 13.0 Å². The van der Waals surface area contributed by atoms with Crippen LogP contribution in [0.5, 0.6) is 0 Å². The number of thioether (sulfide) groups is 1. The number of rotatable bonds is 5. The van der Waals surface area contributed by atoms with Gasteiger partial charge >= 0.3 is 5.97 Å². The van der Waals surface area contributed by atoms with Crippen LogP contribution in [0.3, 0.4) is 0 Å². The van der Waals surface area contributed by atoms with E-state index < -0.39 is 10.9 Å². The highest BCUT2D eigenvalue weighted by Crippen LogP contribution is 2.33. The Balaban J connectivity index is 2.84. The number of hydrogen-bond acceptors (Lipinski definition) is 4. The largest absolute Gasteiger partial charge is 0.481 e. The number of carboxylic acid groups (broad SMARTS) is 1. The second kappa shape index (κ2) is 6.02. The summed E-state index contributed by atoms with van der Waals surface area (Å²) in [5.41, 5.74) is 0.621. The summed E-state index contributed by atoms with van der Waals surface area (Å²) in [6.45, 7) is 1.66. The van der Waals surface area contributed by atoms with E-state index in [4.69, 9.17) is 5.11 Å². The summed E-state index contributed by atoms with van der Waals surface area (Å²) in [4.78, 5) is 21.4. The Labute approximate surface area is 110 Å². The fraction of sp³-hybridized carbons (Fsp3) is 0.300.